The highest BCUT2D eigenvalue weighted by Crippen LogP contribution is 2.28. The molecule has 4 nitrogen and oxygen atoms in total. The van der Waals surface area contributed by atoms with Gasteiger partial charge in [0.2, 0.25) is 5.88 Å². The summed E-state index contributed by atoms with van der Waals surface area (Å²) < 4.78 is 19.6. The Balaban J connectivity index is 1.39. The van der Waals surface area contributed by atoms with Crippen LogP contribution in [0.15, 0.2) is 60.9 Å². The van der Waals surface area contributed by atoms with E-state index in [-0.39, 0.29) is 5.75 Å². The molecule has 2 aromatic carbocycles. The smallest absolute Gasteiger partial charge is 0.224 e. The van der Waals surface area contributed by atoms with Crippen LogP contribution >= 0.6 is 0 Å². The van der Waals surface area contributed by atoms with Gasteiger partial charge in [0.15, 0.2) is 11.6 Å². The maximum atomic E-state index is 14.0. The molecule has 0 spiro atoms. The molecule has 0 N–H and O–H groups in total. The molecule has 0 aliphatic carbocycles. The molecule has 2 heterocycles. The molecule has 1 saturated heterocycles. The second-order valence-corrected chi connectivity index (χ2v) is 7.37. The zero-order valence-corrected chi connectivity index (χ0v) is 16.0. The van der Waals surface area contributed by atoms with E-state index in [1.807, 2.05) is 6.92 Å². The van der Waals surface area contributed by atoms with Crippen molar-refractivity contribution < 1.29 is 9.13 Å². The first-order valence-electron chi connectivity index (χ1n) is 9.72. The normalized spacial score (nSPS) is 14.9. The summed E-state index contributed by atoms with van der Waals surface area (Å²) >= 11 is 0. The molecule has 0 radical (unpaired) electrons. The van der Waals surface area contributed by atoms with Crippen molar-refractivity contribution in [1.82, 2.24) is 9.97 Å². The molecule has 0 atom stereocenters. The van der Waals surface area contributed by atoms with Crippen LogP contribution in [0.3, 0.4) is 0 Å². The van der Waals surface area contributed by atoms with Gasteiger partial charge in [-0.2, -0.15) is 0 Å². The van der Waals surface area contributed by atoms with E-state index in [2.05, 4.69) is 45.2 Å². The first kappa shape index (κ1) is 18.4. The predicted molar refractivity (Wildman–Crippen MR) is 108 cm³/mol. The summed E-state index contributed by atoms with van der Waals surface area (Å²) in [6.07, 6.45) is 4.86. The van der Waals surface area contributed by atoms with Gasteiger partial charge in [0, 0.05) is 19.2 Å². The van der Waals surface area contributed by atoms with Gasteiger partial charge in [-0.25, -0.2) is 14.4 Å². The van der Waals surface area contributed by atoms with Gasteiger partial charge in [0.1, 0.15) is 12.1 Å². The average Bonchev–Trinajstić information content (AvgIpc) is 2.72. The van der Waals surface area contributed by atoms with Crippen molar-refractivity contribution in [1.29, 1.82) is 0 Å². The number of nitrogens with zero attached hydrogens (tertiary/aromatic N) is 3. The third kappa shape index (κ3) is 4.47. The Kier molecular flexibility index (Phi) is 5.51. The highest BCUT2D eigenvalue weighted by molar-refractivity contribution is 5.43. The summed E-state index contributed by atoms with van der Waals surface area (Å²) in [4.78, 5) is 10.8. The number of hydrogen-bond donors (Lipinski definition) is 0. The summed E-state index contributed by atoms with van der Waals surface area (Å²) in [7, 11) is 0. The van der Waals surface area contributed by atoms with Crippen LogP contribution in [0.1, 0.15) is 24.0 Å². The Bertz CT molecular complexity index is 924. The number of halogens is 1. The summed E-state index contributed by atoms with van der Waals surface area (Å²) in [5.74, 6) is 1.67. The fourth-order valence-electron chi connectivity index (χ4n) is 3.67. The standard InChI is InChI=1S/C23H24FN3O/c1-17-7-8-20(24)21(13-17)28-23-15-22(25-16-26-23)27-11-9-19(10-12-27)14-18-5-3-2-4-6-18/h2-8,13,15-16,19H,9-12,14H2,1H3. The SMILES string of the molecule is Cc1ccc(F)c(Oc2cc(N3CCC(Cc4ccccc4)CC3)ncn2)c1. The second kappa shape index (κ2) is 8.38. The van der Waals surface area contributed by atoms with Crippen LogP contribution in [0, 0.1) is 18.7 Å². The maximum Gasteiger partial charge on any atom is 0.224 e. The monoisotopic (exact) mass is 377 g/mol. The summed E-state index contributed by atoms with van der Waals surface area (Å²) in [6, 6.07) is 17.2. The lowest BCUT2D eigenvalue weighted by molar-refractivity contribution is 0.400. The van der Waals surface area contributed by atoms with Gasteiger partial charge >= 0.3 is 0 Å². The van der Waals surface area contributed by atoms with Crippen molar-refractivity contribution in [2.75, 3.05) is 18.0 Å². The predicted octanol–water partition coefficient (Wildman–Crippen LogP) is 5.18. The van der Waals surface area contributed by atoms with E-state index in [4.69, 9.17) is 4.74 Å². The van der Waals surface area contributed by atoms with Crippen molar-refractivity contribution in [3.63, 3.8) is 0 Å². The van der Waals surface area contributed by atoms with Crippen LogP contribution in [0.4, 0.5) is 10.2 Å². The molecule has 0 saturated carbocycles. The van der Waals surface area contributed by atoms with E-state index in [0.29, 0.717) is 11.8 Å². The lowest BCUT2D eigenvalue weighted by Gasteiger charge is -2.32. The second-order valence-electron chi connectivity index (χ2n) is 7.37. The Labute approximate surface area is 165 Å². The third-order valence-electron chi connectivity index (χ3n) is 5.23. The van der Waals surface area contributed by atoms with Gasteiger partial charge in [0.25, 0.3) is 0 Å². The minimum atomic E-state index is -0.396. The van der Waals surface area contributed by atoms with Crippen molar-refractivity contribution in [3.8, 4) is 11.6 Å². The zero-order chi connectivity index (χ0) is 19.3. The molecule has 0 bridgehead atoms. The lowest BCUT2D eigenvalue weighted by atomic mass is 9.90. The number of rotatable bonds is 5. The molecule has 1 fully saturated rings. The number of benzene rings is 2. The van der Waals surface area contributed by atoms with E-state index >= 15 is 0 Å². The first-order valence-corrected chi connectivity index (χ1v) is 9.72. The molecule has 1 aliphatic heterocycles. The lowest BCUT2D eigenvalue weighted by Crippen LogP contribution is -2.34. The van der Waals surface area contributed by atoms with Crippen LogP contribution < -0.4 is 9.64 Å². The number of piperidine rings is 1. The molecule has 144 valence electrons. The van der Waals surface area contributed by atoms with Gasteiger partial charge in [-0.15, -0.1) is 0 Å². The molecule has 28 heavy (non-hydrogen) atoms. The van der Waals surface area contributed by atoms with Gasteiger partial charge in [0.05, 0.1) is 0 Å². The van der Waals surface area contributed by atoms with E-state index < -0.39 is 5.82 Å². The number of aromatic nitrogens is 2. The molecule has 4 rings (SSSR count). The van der Waals surface area contributed by atoms with Crippen LogP contribution in [-0.2, 0) is 6.42 Å². The highest BCUT2D eigenvalue weighted by atomic mass is 19.1. The molecule has 0 amide bonds. The van der Waals surface area contributed by atoms with Crippen LogP contribution in [0.5, 0.6) is 11.6 Å². The average molecular weight is 377 g/mol. The van der Waals surface area contributed by atoms with Crippen molar-refractivity contribution in [2.45, 2.75) is 26.2 Å². The Morgan fingerprint density at radius 2 is 1.82 bits per heavy atom. The van der Waals surface area contributed by atoms with Crippen LogP contribution in [0.25, 0.3) is 0 Å². The van der Waals surface area contributed by atoms with Gasteiger partial charge in [-0.3, -0.25) is 0 Å². The van der Waals surface area contributed by atoms with Crippen molar-refractivity contribution in [3.05, 3.63) is 77.9 Å². The summed E-state index contributed by atoms with van der Waals surface area (Å²) in [5, 5.41) is 0. The Morgan fingerprint density at radius 1 is 1.04 bits per heavy atom. The molecule has 0 unspecified atom stereocenters. The maximum absolute atomic E-state index is 14.0. The van der Waals surface area contributed by atoms with Gasteiger partial charge in [-0.1, -0.05) is 36.4 Å². The van der Waals surface area contributed by atoms with E-state index in [9.17, 15) is 4.39 Å². The molecular formula is C23H24FN3O. The van der Waals surface area contributed by atoms with Gasteiger partial charge < -0.3 is 9.64 Å². The highest BCUT2D eigenvalue weighted by Gasteiger charge is 2.21. The molecule has 1 aliphatic rings. The third-order valence-corrected chi connectivity index (χ3v) is 5.23. The molecule has 1 aromatic heterocycles. The minimum absolute atomic E-state index is 0.186. The number of aryl methyl sites for hydroxylation is 1. The van der Waals surface area contributed by atoms with E-state index in [0.717, 1.165) is 43.7 Å². The first-order chi connectivity index (χ1) is 13.7. The quantitative estimate of drug-likeness (QED) is 0.614. The van der Waals surface area contributed by atoms with Crippen LogP contribution in [0.2, 0.25) is 0 Å². The van der Waals surface area contributed by atoms with Crippen LogP contribution in [-0.4, -0.2) is 23.1 Å². The van der Waals surface area contributed by atoms with E-state index in [1.165, 1.54) is 18.0 Å². The van der Waals surface area contributed by atoms with E-state index in [1.54, 1.807) is 18.2 Å². The zero-order valence-electron chi connectivity index (χ0n) is 16.0. The molecule has 3 aromatic rings. The number of anilines is 1. The van der Waals surface area contributed by atoms with Crippen molar-refractivity contribution >= 4 is 5.82 Å². The summed E-state index contributed by atoms with van der Waals surface area (Å²) in [6.45, 7) is 3.80. The molecular weight excluding hydrogens is 353 g/mol. The number of ether oxygens (including phenoxy) is 1. The fraction of sp³-hybridized carbons (Fsp3) is 0.304. The molecule has 5 heteroatoms. The topological polar surface area (TPSA) is 38.2 Å². The summed E-state index contributed by atoms with van der Waals surface area (Å²) in [5.41, 5.74) is 2.34. The fourth-order valence-corrected chi connectivity index (χ4v) is 3.67. The Morgan fingerprint density at radius 3 is 2.61 bits per heavy atom. The number of hydrogen-bond acceptors (Lipinski definition) is 4. The minimum Gasteiger partial charge on any atom is -0.436 e. The van der Waals surface area contributed by atoms with Gasteiger partial charge in [-0.05, 0) is 55.4 Å². The Hall–Kier alpha value is -2.95. The van der Waals surface area contributed by atoms with Crippen molar-refractivity contribution in [2.24, 2.45) is 5.92 Å². The largest absolute Gasteiger partial charge is 0.436 e.